The van der Waals surface area contributed by atoms with Gasteiger partial charge in [-0.15, -0.1) is 0 Å². The molecule has 2 aromatic heterocycles. The summed E-state index contributed by atoms with van der Waals surface area (Å²) in [5.74, 6) is 0.148. The number of amides is 2. The van der Waals surface area contributed by atoms with Crippen LogP contribution in [0.2, 0.25) is 0 Å². The van der Waals surface area contributed by atoms with Gasteiger partial charge < -0.3 is 18.6 Å². The van der Waals surface area contributed by atoms with Gasteiger partial charge in [-0.3, -0.25) is 14.4 Å². The fourth-order valence-electron chi connectivity index (χ4n) is 4.31. The lowest BCUT2D eigenvalue weighted by Crippen LogP contribution is -2.69. The van der Waals surface area contributed by atoms with Crippen molar-refractivity contribution in [1.82, 2.24) is 9.80 Å². The molecular formula is C19H20N2O5. The van der Waals surface area contributed by atoms with Crippen LogP contribution in [0.25, 0.3) is 0 Å². The minimum Gasteiger partial charge on any atom is -0.459 e. The largest absolute Gasteiger partial charge is 0.459 e. The Balaban J connectivity index is 1.62. The van der Waals surface area contributed by atoms with E-state index in [1.54, 1.807) is 34.1 Å². The van der Waals surface area contributed by atoms with Gasteiger partial charge in [0.05, 0.1) is 23.4 Å². The Labute approximate surface area is 150 Å². The van der Waals surface area contributed by atoms with Gasteiger partial charge in [-0.1, -0.05) is 0 Å². The van der Waals surface area contributed by atoms with Crippen molar-refractivity contribution in [3.05, 3.63) is 48.3 Å². The molecule has 2 aromatic rings. The summed E-state index contributed by atoms with van der Waals surface area (Å²) in [4.78, 5) is 41.8. The Morgan fingerprint density at radius 3 is 1.54 bits per heavy atom. The lowest BCUT2D eigenvalue weighted by molar-refractivity contribution is -0.153. The quantitative estimate of drug-likeness (QED) is 0.822. The highest BCUT2D eigenvalue weighted by molar-refractivity contribution is 5.99. The topological polar surface area (TPSA) is 84.0 Å². The summed E-state index contributed by atoms with van der Waals surface area (Å²) in [5.41, 5.74) is -1.65. The molecule has 2 fully saturated rings. The molecule has 2 bridgehead atoms. The molecular weight excluding hydrogens is 336 g/mol. The summed E-state index contributed by atoms with van der Waals surface area (Å²) in [6.07, 6.45) is 2.91. The molecule has 0 atom stereocenters. The molecule has 0 N–H and O–H groups in total. The lowest BCUT2D eigenvalue weighted by atomic mass is 9.64. The van der Waals surface area contributed by atoms with E-state index in [4.69, 9.17) is 8.83 Å². The standard InChI is InChI=1S/C19H20N2O5/c1-18-9-20(15(22)13-5-3-7-25-13)11-19(2,17(18)24)12-21(10-18)16(23)14-6-4-8-26-14/h3-8H,9-12H2,1-2H3. The van der Waals surface area contributed by atoms with E-state index < -0.39 is 10.8 Å². The van der Waals surface area contributed by atoms with E-state index in [2.05, 4.69) is 0 Å². The number of hydrogen-bond acceptors (Lipinski definition) is 5. The van der Waals surface area contributed by atoms with Crippen molar-refractivity contribution in [1.29, 1.82) is 0 Å². The first-order valence-corrected chi connectivity index (χ1v) is 8.53. The first kappa shape index (κ1) is 16.6. The van der Waals surface area contributed by atoms with E-state index in [0.717, 1.165) is 0 Å². The van der Waals surface area contributed by atoms with Gasteiger partial charge in [0.1, 0.15) is 0 Å². The summed E-state index contributed by atoms with van der Waals surface area (Å²) < 4.78 is 10.4. The molecule has 0 aliphatic carbocycles. The number of nitrogens with zero attached hydrogens (tertiary/aromatic N) is 2. The van der Waals surface area contributed by atoms with E-state index in [1.165, 1.54) is 12.5 Å². The van der Waals surface area contributed by atoms with Gasteiger partial charge in [0, 0.05) is 26.2 Å². The Kier molecular flexibility index (Phi) is 3.57. The average molecular weight is 356 g/mol. The third-order valence-electron chi connectivity index (χ3n) is 5.29. The zero-order valence-electron chi connectivity index (χ0n) is 14.7. The molecule has 4 heterocycles. The van der Waals surface area contributed by atoms with Crippen LogP contribution in [-0.2, 0) is 4.79 Å². The monoisotopic (exact) mass is 356 g/mol. The molecule has 0 aromatic carbocycles. The molecule has 7 heteroatoms. The van der Waals surface area contributed by atoms with Gasteiger partial charge >= 0.3 is 0 Å². The molecule has 0 spiro atoms. The van der Waals surface area contributed by atoms with Crippen LogP contribution in [0, 0.1) is 10.8 Å². The Morgan fingerprint density at radius 1 is 0.846 bits per heavy atom. The molecule has 26 heavy (non-hydrogen) atoms. The van der Waals surface area contributed by atoms with Crippen molar-refractivity contribution in [2.24, 2.45) is 10.8 Å². The minimum absolute atomic E-state index is 0.0944. The number of piperidine rings is 2. The van der Waals surface area contributed by atoms with E-state index in [0.29, 0.717) is 0 Å². The third-order valence-corrected chi connectivity index (χ3v) is 5.29. The molecule has 2 aliphatic rings. The van der Waals surface area contributed by atoms with E-state index in [1.807, 2.05) is 13.8 Å². The number of likely N-dealkylation sites (tertiary alicyclic amines) is 2. The van der Waals surface area contributed by atoms with Gasteiger partial charge in [-0.05, 0) is 38.1 Å². The second-order valence-electron chi connectivity index (χ2n) is 7.73. The zero-order chi connectivity index (χ0) is 18.5. The fourth-order valence-corrected chi connectivity index (χ4v) is 4.31. The van der Waals surface area contributed by atoms with Gasteiger partial charge in [-0.25, -0.2) is 0 Å². The first-order valence-electron chi connectivity index (χ1n) is 8.53. The number of carbonyl (C=O) groups excluding carboxylic acids is 3. The van der Waals surface area contributed by atoms with Crippen molar-refractivity contribution in [3.8, 4) is 0 Å². The SMILES string of the molecule is CC12CN(C(=O)c3ccco3)CC(C)(CN(C(=O)c3ccco3)C1)C2=O. The molecule has 0 unspecified atom stereocenters. The Hall–Kier alpha value is -2.83. The normalized spacial score (nSPS) is 28.3. The van der Waals surface area contributed by atoms with E-state index >= 15 is 0 Å². The van der Waals surface area contributed by atoms with Crippen molar-refractivity contribution in [2.75, 3.05) is 26.2 Å². The third kappa shape index (κ3) is 2.46. The fraction of sp³-hybridized carbons (Fsp3) is 0.421. The van der Waals surface area contributed by atoms with Crippen LogP contribution in [0.5, 0.6) is 0 Å². The van der Waals surface area contributed by atoms with Gasteiger partial charge in [0.25, 0.3) is 11.8 Å². The number of fused-ring (bicyclic) bond motifs is 2. The molecule has 2 aliphatic heterocycles. The van der Waals surface area contributed by atoms with Crippen LogP contribution in [0.3, 0.4) is 0 Å². The molecule has 0 radical (unpaired) electrons. The van der Waals surface area contributed by atoms with Crippen LogP contribution in [0.15, 0.2) is 45.6 Å². The highest BCUT2D eigenvalue weighted by Crippen LogP contribution is 2.43. The minimum atomic E-state index is -0.824. The van der Waals surface area contributed by atoms with Crippen molar-refractivity contribution < 1.29 is 23.2 Å². The number of furan rings is 2. The Bertz CT molecular complexity index is 770. The lowest BCUT2D eigenvalue weighted by Gasteiger charge is -2.54. The maximum atomic E-state index is 13.0. The number of Topliss-reactive ketones (excluding diaryl/α,β-unsaturated/α-hetero) is 1. The maximum absolute atomic E-state index is 13.0. The highest BCUT2D eigenvalue weighted by atomic mass is 16.3. The van der Waals surface area contributed by atoms with Gasteiger partial charge in [0.2, 0.25) is 0 Å². The van der Waals surface area contributed by atoms with Crippen LogP contribution >= 0.6 is 0 Å². The maximum Gasteiger partial charge on any atom is 0.289 e. The van der Waals surface area contributed by atoms with Crippen LogP contribution in [-0.4, -0.2) is 53.6 Å². The predicted molar refractivity (Wildman–Crippen MR) is 90.4 cm³/mol. The second-order valence-corrected chi connectivity index (χ2v) is 7.73. The van der Waals surface area contributed by atoms with E-state index in [9.17, 15) is 14.4 Å². The molecule has 2 saturated heterocycles. The van der Waals surface area contributed by atoms with Crippen LogP contribution in [0.4, 0.5) is 0 Å². The van der Waals surface area contributed by atoms with Crippen LogP contribution < -0.4 is 0 Å². The molecule has 4 rings (SSSR count). The van der Waals surface area contributed by atoms with Gasteiger partial charge in [0.15, 0.2) is 17.3 Å². The average Bonchev–Trinajstić information content (AvgIpc) is 3.29. The van der Waals surface area contributed by atoms with Crippen molar-refractivity contribution >= 4 is 17.6 Å². The smallest absolute Gasteiger partial charge is 0.289 e. The number of rotatable bonds is 2. The summed E-state index contributed by atoms with van der Waals surface area (Å²) in [6, 6.07) is 6.56. The Morgan fingerprint density at radius 2 is 1.23 bits per heavy atom. The van der Waals surface area contributed by atoms with Crippen molar-refractivity contribution in [3.63, 3.8) is 0 Å². The molecule has 136 valence electrons. The van der Waals surface area contributed by atoms with Crippen LogP contribution in [0.1, 0.15) is 35.0 Å². The zero-order valence-corrected chi connectivity index (χ0v) is 14.7. The highest BCUT2D eigenvalue weighted by Gasteiger charge is 2.57. The second kappa shape index (κ2) is 5.59. The van der Waals surface area contributed by atoms with E-state index in [-0.39, 0.29) is 55.3 Å². The van der Waals surface area contributed by atoms with Crippen molar-refractivity contribution in [2.45, 2.75) is 13.8 Å². The summed E-state index contributed by atoms with van der Waals surface area (Å²) in [6.45, 7) is 4.64. The number of carbonyl (C=O) groups is 3. The number of ketones is 1. The first-order chi connectivity index (χ1) is 12.3. The molecule has 0 saturated carbocycles. The summed E-state index contributed by atoms with van der Waals surface area (Å²) >= 11 is 0. The molecule has 2 amide bonds. The predicted octanol–water partition coefficient (Wildman–Crippen LogP) is 2.07. The number of hydrogen-bond donors (Lipinski definition) is 0. The van der Waals surface area contributed by atoms with Gasteiger partial charge in [-0.2, -0.15) is 0 Å². The summed E-state index contributed by atoms with van der Waals surface area (Å²) in [7, 11) is 0. The summed E-state index contributed by atoms with van der Waals surface area (Å²) in [5, 5.41) is 0. The molecule has 7 nitrogen and oxygen atoms in total.